The summed E-state index contributed by atoms with van der Waals surface area (Å²) in [4.78, 5) is 29.9. The van der Waals surface area contributed by atoms with E-state index in [0.717, 1.165) is 24.1 Å². The molecular formula is C25H24N4O4. The molecule has 0 aliphatic carbocycles. The van der Waals surface area contributed by atoms with Crippen LogP contribution in [0.4, 0.5) is 5.69 Å². The summed E-state index contributed by atoms with van der Waals surface area (Å²) in [6, 6.07) is 15.8. The minimum Gasteiger partial charge on any atom is -0.493 e. The lowest BCUT2D eigenvalue weighted by Gasteiger charge is -2.25. The first-order valence-electron chi connectivity index (χ1n) is 10.5. The van der Waals surface area contributed by atoms with Gasteiger partial charge >= 0.3 is 0 Å². The number of rotatable bonds is 6. The molecule has 1 aromatic heterocycles. The number of ether oxygens (including phenoxy) is 2. The predicted molar refractivity (Wildman–Crippen MR) is 125 cm³/mol. The van der Waals surface area contributed by atoms with E-state index < -0.39 is 0 Å². The van der Waals surface area contributed by atoms with Crippen LogP contribution < -0.4 is 14.8 Å². The van der Waals surface area contributed by atoms with Crippen LogP contribution in [0.1, 0.15) is 39.1 Å². The lowest BCUT2D eigenvalue weighted by molar-refractivity contribution is 0.0752. The van der Waals surface area contributed by atoms with Gasteiger partial charge in [-0.2, -0.15) is 5.10 Å². The first-order valence-corrected chi connectivity index (χ1v) is 10.5. The number of carbonyl (C=O) groups is 2. The molecule has 8 nitrogen and oxygen atoms in total. The first-order chi connectivity index (χ1) is 16.1. The van der Waals surface area contributed by atoms with Crippen LogP contribution in [0.2, 0.25) is 0 Å². The molecule has 8 heteroatoms. The van der Waals surface area contributed by atoms with Crippen molar-refractivity contribution in [1.29, 1.82) is 0 Å². The molecule has 33 heavy (non-hydrogen) atoms. The third-order valence-corrected chi connectivity index (χ3v) is 5.31. The second-order valence-electron chi connectivity index (χ2n) is 7.39. The molecule has 0 saturated carbocycles. The number of hydrazone groups is 1. The minimum atomic E-state index is -0.337. The first kappa shape index (κ1) is 22.0. The Bertz CT molecular complexity index is 1190. The molecule has 0 unspecified atom stereocenters. The van der Waals surface area contributed by atoms with E-state index >= 15 is 0 Å². The number of benzene rings is 2. The third-order valence-electron chi connectivity index (χ3n) is 5.31. The van der Waals surface area contributed by atoms with E-state index in [0.29, 0.717) is 34.9 Å². The number of pyridine rings is 1. The lowest BCUT2D eigenvalue weighted by Crippen LogP contribution is -2.33. The monoisotopic (exact) mass is 444 g/mol. The summed E-state index contributed by atoms with van der Waals surface area (Å²) in [5.74, 6) is 0.611. The van der Waals surface area contributed by atoms with Gasteiger partial charge in [0.05, 0.1) is 36.7 Å². The zero-order valence-corrected chi connectivity index (χ0v) is 18.4. The number of para-hydroxylation sites is 1. The van der Waals surface area contributed by atoms with Crippen molar-refractivity contribution >= 4 is 23.2 Å². The van der Waals surface area contributed by atoms with Crippen molar-refractivity contribution in [3.63, 3.8) is 0 Å². The summed E-state index contributed by atoms with van der Waals surface area (Å²) in [5.41, 5.74) is 2.85. The highest BCUT2D eigenvalue weighted by Crippen LogP contribution is 2.29. The number of nitrogens with zero attached hydrogens (tertiary/aromatic N) is 3. The average Bonchev–Trinajstić information content (AvgIpc) is 2.88. The van der Waals surface area contributed by atoms with E-state index in [2.05, 4.69) is 15.4 Å². The highest BCUT2D eigenvalue weighted by Gasteiger charge is 2.24. The Hall–Kier alpha value is -4.20. The van der Waals surface area contributed by atoms with Gasteiger partial charge < -0.3 is 14.8 Å². The molecule has 2 aromatic carbocycles. The fourth-order valence-corrected chi connectivity index (χ4v) is 3.62. The molecule has 4 rings (SSSR count). The average molecular weight is 444 g/mol. The van der Waals surface area contributed by atoms with Crippen LogP contribution in [0.15, 0.2) is 72.1 Å². The van der Waals surface area contributed by atoms with Crippen molar-refractivity contribution in [2.24, 2.45) is 5.10 Å². The van der Waals surface area contributed by atoms with Crippen LogP contribution in [0.3, 0.4) is 0 Å². The van der Waals surface area contributed by atoms with Crippen LogP contribution in [0, 0.1) is 0 Å². The van der Waals surface area contributed by atoms with Crippen LogP contribution in [-0.4, -0.2) is 48.3 Å². The predicted octanol–water partition coefficient (Wildman–Crippen LogP) is 3.99. The fraction of sp³-hybridized carbons (Fsp3) is 0.200. The van der Waals surface area contributed by atoms with Crippen LogP contribution in [-0.2, 0) is 0 Å². The maximum atomic E-state index is 13.3. The molecule has 0 radical (unpaired) electrons. The van der Waals surface area contributed by atoms with E-state index in [-0.39, 0.29) is 11.8 Å². The van der Waals surface area contributed by atoms with E-state index in [9.17, 15) is 9.59 Å². The number of hydrogen-bond donors (Lipinski definition) is 1. The molecule has 2 amide bonds. The van der Waals surface area contributed by atoms with Gasteiger partial charge in [0.25, 0.3) is 11.8 Å². The molecule has 1 aliphatic rings. The number of amides is 2. The summed E-state index contributed by atoms with van der Waals surface area (Å²) in [5, 5.41) is 8.88. The standard InChI is InChI=1S/C25H24N4O4/c1-32-22-12-11-17(15-23(22)33-2)20-10-6-14-29(28-20)25(31)19-8-3-4-9-21(19)27-24(30)18-7-5-13-26-16-18/h3-5,7-9,11-13,15-16H,6,10,14H2,1-2H3,(H,27,30). The number of nitrogens with one attached hydrogen (secondary N) is 1. The van der Waals surface area contributed by atoms with Gasteiger partial charge in [-0.1, -0.05) is 12.1 Å². The second-order valence-corrected chi connectivity index (χ2v) is 7.39. The summed E-state index contributed by atoms with van der Waals surface area (Å²) in [6.45, 7) is 0.487. The SMILES string of the molecule is COc1ccc(C2=NN(C(=O)c3ccccc3NC(=O)c3cccnc3)CCC2)cc1OC. The maximum Gasteiger partial charge on any atom is 0.276 e. The Kier molecular flexibility index (Phi) is 6.64. The molecular weight excluding hydrogens is 420 g/mol. The van der Waals surface area contributed by atoms with E-state index in [1.807, 2.05) is 18.2 Å². The van der Waals surface area contributed by atoms with Crippen molar-refractivity contribution in [2.45, 2.75) is 12.8 Å². The topological polar surface area (TPSA) is 93.1 Å². The van der Waals surface area contributed by atoms with Crippen LogP contribution in [0.25, 0.3) is 0 Å². The highest BCUT2D eigenvalue weighted by atomic mass is 16.5. The van der Waals surface area contributed by atoms with Gasteiger partial charge in [-0.15, -0.1) is 0 Å². The summed E-state index contributed by atoms with van der Waals surface area (Å²) in [6.07, 6.45) is 4.57. The normalized spacial score (nSPS) is 13.2. The van der Waals surface area contributed by atoms with E-state index in [1.165, 1.54) is 11.2 Å². The third kappa shape index (κ3) is 4.85. The maximum absolute atomic E-state index is 13.3. The number of anilines is 1. The summed E-state index contributed by atoms with van der Waals surface area (Å²) >= 11 is 0. The molecule has 0 saturated heterocycles. The molecule has 1 N–H and O–H groups in total. The van der Waals surface area contributed by atoms with Crippen molar-refractivity contribution in [2.75, 3.05) is 26.1 Å². The Balaban J connectivity index is 1.59. The largest absolute Gasteiger partial charge is 0.493 e. The van der Waals surface area contributed by atoms with E-state index in [4.69, 9.17) is 9.47 Å². The molecule has 0 spiro atoms. The Labute approximate surface area is 191 Å². The second kappa shape index (κ2) is 9.95. The van der Waals surface area contributed by atoms with Gasteiger partial charge in [-0.25, -0.2) is 5.01 Å². The van der Waals surface area contributed by atoms with Gasteiger partial charge in [0.1, 0.15) is 0 Å². The van der Waals surface area contributed by atoms with E-state index in [1.54, 1.807) is 56.8 Å². The Morgan fingerprint density at radius 3 is 2.58 bits per heavy atom. The molecule has 2 heterocycles. The fourth-order valence-electron chi connectivity index (χ4n) is 3.62. The number of hydrogen-bond acceptors (Lipinski definition) is 6. The molecule has 0 atom stereocenters. The lowest BCUT2D eigenvalue weighted by atomic mass is 10.0. The Morgan fingerprint density at radius 1 is 1.00 bits per heavy atom. The summed E-state index contributed by atoms with van der Waals surface area (Å²) in [7, 11) is 3.16. The molecule has 0 bridgehead atoms. The number of carbonyl (C=O) groups excluding carboxylic acids is 2. The van der Waals surface area contributed by atoms with Gasteiger partial charge in [-0.3, -0.25) is 14.6 Å². The Morgan fingerprint density at radius 2 is 1.82 bits per heavy atom. The highest BCUT2D eigenvalue weighted by molar-refractivity contribution is 6.09. The zero-order valence-electron chi connectivity index (χ0n) is 18.4. The molecule has 0 fully saturated rings. The van der Waals surface area contributed by atoms with Crippen LogP contribution >= 0.6 is 0 Å². The molecule has 3 aromatic rings. The number of aromatic nitrogens is 1. The smallest absolute Gasteiger partial charge is 0.276 e. The van der Waals surface area contributed by atoms with Crippen molar-refractivity contribution in [3.05, 3.63) is 83.7 Å². The minimum absolute atomic E-state index is 0.283. The summed E-state index contributed by atoms with van der Waals surface area (Å²) < 4.78 is 10.7. The van der Waals surface area contributed by atoms with Gasteiger partial charge in [0.2, 0.25) is 0 Å². The molecule has 168 valence electrons. The quantitative estimate of drug-likeness (QED) is 0.621. The van der Waals surface area contributed by atoms with Gasteiger partial charge in [0.15, 0.2) is 11.5 Å². The zero-order chi connectivity index (χ0) is 23.2. The van der Waals surface area contributed by atoms with Crippen molar-refractivity contribution in [1.82, 2.24) is 9.99 Å². The van der Waals surface area contributed by atoms with Gasteiger partial charge in [0, 0.05) is 24.5 Å². The van der Waals surface area contributed by atoms with Crippen molar-refractivity contribution in [3.8, 4) is 11.5 Å². The van der Waals surface area contributed by atoms with Crippen molar-refractivity contribution < 1.29 is 19.1 Å². The van der Waals surface area contributed by atoms with Crippen LogP contribution in [0.5, 0.6) is 11.5 Å². The molecule has 1 aliphatic heterocycles. The van der Waals surface area contributed by atoms with Gasteiger partial charge in [-0.05, 0) is 55.3 Å². The number of methoxy groups -OCH3 is 2.